The SMILES string of the molecule is Cc1cc(-c2ccccc2)n(Cc2cccs2)c(=O)c1C#N. The van der Waals surface area contributed by atoms with Crippen molar-refractivity contribution in [2.45, 2.75) is 13.5 Å². The highest BCUT2D eigenvalue weighted by Gasteiger charge is 2.14. The Kier molecular flexibility index (Phi) is 3.90. The second kappa shape index (κ2) is 6.00. The molecule has 0 saturated carbocycles. The van der Waals surface area contributed by atoms with Crippen LogP contribution in [0.1, 0.15) is 16.0 Å². The zero-order valence-electron chi connectivity index (χ0n) is 12.1. The normalized spacial score (nSPS) is 10.4. The van der Waals surface area contributed by atoms with E-state index in [1.165, 1.54) is 0 Å². The molecule has 4 heteroatoms. The topological polar surface area (TPSA) is 45.8 Å². The maximum Gasteiger partial charge on any atom is 0.269 e. The van der Waals surface area contributed by atoms with Gasteiger partial charge in [-0.3, -0.25) is 4.79 Å². The van der Waals surface area contributed by atoms with Crippen molar-refractivity contribution in [3.05, 3.63) is 80.3 Å². The van der Waals surface area contributed by atoms with Crippen LogP contribution in [0, 0.1) is 18.3 Å². The summed E-state index contributed by atoms with van der Waals surface area (Å²) in [4.78, 5) is 13.8. The molecule has 0 aliphatic rings. The van der Waals surface area contributed by atoms with E-state index in [0.29, 0.717) is 12.1 Å². The standard InChI is InChI=1S/C18H14N2OS/c1-13-10-17(14-6-3-2-4-7-14)20(18(21)16(13)11-19)12-15-8-5-9-22-15/h2-10H,12H2,1H3. The van der Waals surface area contributed by atoms with Crippen LogP contribution < -0.4 is 5.56 Å². The molecule has 0 spiro atoms. The number of rotatable bonds is 3. The second-order valence-corrected chi connectivity index (χ2v) is 6.07. The number of pyridine rings is 1. The first-order chi connectivity index (χ1) is 10.7. The number of aromatic nitrogens is 1. The molecule has 0 amide bonds. The number of hydrogen-bond donors (Lipinski definition) is 0. The molecule has 3 aromatic rings. The van der Waals surface area contributed by atoms with Crippen LogP contribution in [0.15, 0.2) is 58.7 Å². The van der Waals surface area contributed by atoms with Gasteiger partial charge in [-0.25, -0.2) is 0 Å². The van der Waals surface area contributed by atoms with Gasteiger partial charge in [-0.2, -0.15) is 5.26 Å². The Morgan fingerprint density at radius 2 is 1.95 bits per heavy atom. The molecule has 3 nitrogen and oxygen atoms in total. The Balaban J connectivity index is 2.24. The minimum Gasteiger partial charge on any atom is -0.302 e. The Morgan fingerprint density at radius 1 is 1.18 bits per heavy atom. The van der Waals surface area contributed by atoms with Crippen LogP contribution in [-0.2, 0) is 6.54 Å². The van der Waals surface area contributed by atoms with Gasteiger partial charge < -0.3 is 4.57 Å². The van der Waals surface area contributed by atoms with Gasteiger partial charge in [0, 0.05) is 4.88 Å². The summed E-state index contributed by atoms with van der Waals surface area (Å²) in [5.41, 5.74) is 2.53. The predicted molar refractivity (Wildman–Crippen MR) is 89.0 cm³/mol. The summed E-state index contributed by atoms with van der Waals surface area (Å²) in [5, 5.41) is 11.2. The number of benzene rings is 1. The van der Waals surface area contributed by atoms with Crippen LogP contribution in [0.5, 0.6) is 0 Å². The molecule has 0 N–H and O–H groups in total. The van der Waals surface area contributed by atoms with Crippen LogP contribution >= 0.6 is 11.3 Å². The first-order valence-corrected chi connectivity index (χ1v) is 7.81. The van der Waals surface area contributed by atoms with Crippen LogP contribution in [-0.4, -0.2) is 4.57 Å². The molecule has 0 aliphatic carbocycles. The Bertz CT molecular complexity index is 887. The maximum atomic E-state index is 12.7. The molecule has 108 valence electrons. The van der Waals surface area contributed by atoms with Gasteiger partial charge in [0.25, 0.3) is 5.56 Å². The van der Waals surface area contributed by atoms with E-state index in [0.717, 1.165) is 16.1 Å². The average Bonchev–Trinajstić information content (AvgIpc) is 3.04. The van der Waals surface area contributed by atoms with Crippen molar-refractivity contribution in [3.63, 3.8) is 0 Å². The lowest BCUT2D eigenvalue weighted by Gasteiger charge is -2.14. The molecule has 0 radical (unpaired) electrons. The third-order valence-electron chi connectivity index (χ3n) is 3.57. The summed E-state index contributed by atoms with van der Waals surface area (Å²) in [6.45, 7) is 2.29. The van der Waals surface area contributed by atoms with Crippen molar-refractivity contribution in [3.8, 4) is 17.3 Å². The lowest BCUT2D eigenvalue weighted by atomic mass is 10.1. The second-order valence-electron chi connectivity index (χ2n) is 5.04. The average molecular weight is 306 g/mol. The molecule has 0 atom stereocenters. The van der Waals surface area contributed by atoms with Gasteiger partial charge >= 0.3 is 0 Å². The number of aryl methyl sites for hydroxylation is 1. The van der Waals surface area contributed by atoms with E-state index < -0.39 is 0 Å². The van der Waals surface area contributed by atoms with Crippen molar-refractivity contribution in [1.82, 2.24) is 4.57 Å². The van der Waals surface area contributed by atoms with E-state index in [-0.39, 0.29) is 11.1 Å². The number of hydrogen-bond acceptors (Lipinski definition) is 3. The van der Waals surface area contributed by atoms with Gasteiger partial charge in [-0.05, 0) is 35.6 Å². The molecule has 0 saturated heterocycles. The van der Waals surface area contributed by atoms with Gasteiger partial charge in [0.1, 0.15) is 11.6 Å². The highest BCUT2D eigenvalue weighted by atomic mass is 32.1. The van der Waals surface area contributed by atoms with Crippen LogP contribution in [0.2, 0.25) is 0 Å². The summed E-state index contributed by atoms with van der Waals surface area (Å²) in [6, 6.07) is 17.7. The molecule has 22 heavy (non-hydrogen) atoms. The van der Waals surface area contributed by atoms with E-state index in [4.69, 9.17) is 0 Å². The summed E-state index contributed by atoms with van der Waals surface area (Å²) >= 11 is 1.61. The van der Waals surface area contributed by atoms with E-state index in [9.17, 15) is 10.1 Å². The fraction of sp³-hybridized carbons (Fsp3) is 0.111. The largest absolute Gasteiger partial charge is 0.302 e. The summed E-state index contributed by atoms with van der Waals surface area (Å²) in [7, 11) is 0. The Labute approximate surface area is 132 Å². The van der Waals surface area contributed by atoms with Gasteiger partial charge in [0.15, 0.2) is 0 Å². The first-order valence-electron chi connectivity index (χ1n) is 6.93. The van der Waals surface area contributed by atoms with Crippen molar-refractivity contribution in [1.29, 1.82) is 5.26 Å². The number of nitrogens with zero attached hydrogens (tertiary/aromatic N) is 2. The summed E-state index contributed by atoms with van der Waals surface area (Å²) < 4.78 is 1.69. The van der Waals surface area contributed by atoms with Crippen molar-refractivity contribution >= 4 is 11.3 Å². The minimum atomic E-state index is -0.227. The van der Waals surface area contributed by atoms with Crippen molar-refractivity contribution < 1.29 is 0 Å². The molecule has 0 unspecified atom stereocenters. The summed E-state index contributed by atoms with van der Waals surface area (Å²) in [5.74, 6) is 0. The molecular formula is C18H14N2OS. The zero-order valence-corrected chi connectivity index (χ0v) is 12.9. The quantitative estimate of drug-likeness (QED) is 0.738. The maximum absolute atomic E-state index is 12.7. The van der Waals surface area contributed by atoms with Gasteiger partial charge in [0.2, 0.25) is 0 Å². The Morgan fingerprint density at radius 3 is 2.59 bits per heavy atom. The van der Waals surface area contributed by atoms with E-state index in [1.807, 2.05) is 66.9 Å². The summed E-state index contributed by atoms with van der Waals surface area (Å²) in [6.07, 6.45) is 0. The Hall–Kier alpha value is -2.64. The third kappa shape index (κ3) is 2.59. The molecule has 0 bridgehead atoms. The number of nitriles is 1. The van der Waals surface area contributed by atoms with Crippen molar-refractivity contribution in [2.75, 3.05) is 0 Å². The smallest absolute Gasteiger partial charge is 0.269 e. The molecule has 0 fully saturated rings. The van der Waals surface area contributed by atoms with Crippen LogP contribution in [0.3, 0.4) is 0 Å². The van der Waals surface area contributed by atoms with E-state index in [1.54, 1.807) is 15.9 Å². The molecule has 2 heterocycles. The van der Waals surface area contributed by atoms with Crippen LogP contribution in [0.25, 0.3) is 11.3 Å². The molecular weight excluding hydrogens is 292 g/mol. The highest BCUT2D eigenvalue weighted by molar-refractivity contribution is 7.09. The molecule has 0 aliphatic heterocycles. The van der Waals surface area contributed by atoms with E-state index >= 15 is 0 Å². The monoisotopic (exact) mass is 306 g/mol. The zero-order chi connectivity index (χ0) is 15.5. The minimum absolute atomic E-state index is 0.219. The van der Waals surface area contributed by atoms with Gasteiger partial charge in [-0.1, -0.05) is 36.4 Å². The fourth-order valence-electron chi connectivity index (χ4n) is 2.47. The van der Waals surface area contributed by atoms with Gasteiger partial charge in [-0.15, -0.1) is 11.3 Å². The van der Waals surface area contributed by atoms with Crippen molar-refractivity contribution in [2.24, 2.45) is 0 Å². The lowest BCUT2D eigenvalue weighted by molar-refractivity contribution is 0.773. The number of thiophene rings is 1. The fourth-order valence-corrected chi connectivity index (χ4v) is 3.16. The first kappa shape index (κ1) is 14.3. The third-order valence-corrected chi connectivity index (χ3v) is 4.43. The predicted octanol–water partition coefficient (Wildman–Crippen LogP) is 3.81. The van der Waals surface area contributed by atoms with Crippen LogP contribution in [0.4, 0.5) is 0 Å². The van der Waals surface area contributed by atoms with E-state index in [2.05, 4.69) is 0 Å². The molecule has 2 aromatic heterocycles. The highest BCUT2D eigenvalue weighted by Crippen LogP contribution is 2.22. The van der Waals surface area contributed by atoms with Gasteiger partial charge in [0.05, 0.1) is 12.2 Å². The molecule has 3 rings (SSSR count). The molecule has 1 aromatic carbocycles. The lowest BCUT2D eigenvalue weighted by Crippen LogP contribution is -2.25.